The molecule has 0 aromatic rings. The van der Waals surface area contributed by atoms with Crippen LogP contribution in [0.1, 0.15) is 144 Å². The van der Waals surface area contributed by atoms with Gasteiger partial charge >= 0.3 is 5.97 Å². The molecule has 86 heavy (non-hydrogen) atoms. The van der Waals surface area contributed by atoms with Crippen molar-refractivity contribution in [1.82, 2.24) is 42.5 Å². The molecular weight excluding hydrogens is 1120 g/mol. The smallest absolute Gasteiger partial charge is 0.326 e. The van der Waals surface area contributed by atoms with Crippen molar-refractivity contribution >= 4 is 77.1 Å². The number of carbonyl (C=O) groups is 9. The molecule has 0 aliphatic carbocycles. The number of nitrogens with one attached hydrogen (secondary N) is 8. The van der Waals surface area contributed by atoms with Gasteiger partial charge in [-0.2, -0.15) is 0 Å². The first kappa shape index (κ1) is 78.2. The molecule has 10 atom stereocenters. The molecule has 0 saturated heterocycles. The van der Waals surface area contributed by atoms with Gasteiger partial charge in [0, 0.05) is 26.2 Å². The van der Waals surface area contributed by atoms with E-state index < -0.39 is 114 Å². The van der Waals surface area contributed by atoms with Crippen molar-refractivity contribution in [3.8, 4) is 0 Å². The molecule has 0 unspecified atom stereocenters. The highest BCUT2D eigenvalue weighted by Crippen LogP contribution is 2.14. The normalized spacial score (nSPS) is 14.5. The number of rotatable bonds is 46. The van der Waals surface area contributed by atoms with Gasteiger partial charge in [-0.3, -0.25) is 58.3 Å². The zero-order chi connectivity index (χ0) is 65.5. The minimum absolute atomic E-state index is 0.00730. The molecule has 0 saturated carbocycles. The number of amides is 8. The Morgan fingerprint density at radius 1 is 0.384 bits per heavy atom. The first-order valence-electron chi connectivity index (χ1n) is 29.5. The highest BCUT2D eigenvalue weighted by atomic mass is 16.4. The molecule has 0 spiro atoms. The zero-order valence-corrected chi connectivity index (χ0v) is 51.2. The van der Waals surface area contributed by atoms with Gasteiger partial charge in [0.15, 0.2) is 23.8 Å². The van der Waals surface area contributed by atoms with Crippen molar-refractivity contribution in [2.45, 2.75) is 199 Å². The zero-order valence-electron chi connectivity index (χ0n) is 51.2. The fourth-order valence-electron chi connectivity index (χ4n) is 8.46. The van der Waals surface area contributed by atoms with Crippen LogP contribution in [0.3, 0.4) is 0 Å². The Hall–Kier alpha value is -7.81. The summed E-state index contributed by atoms with van der Waals surface area (Å²) in [5, 5.41) is 31.4. The third kappa shape index (κ3) is 34.2. The van der Waals surface area contributed by atoms with Crippen LogP contribution in [0.25, 0.3) is 0 Å². The number of aliphatic carboxylic acids is 1. The van der Waals surface area contributed by atoms with E-state index in [0.29, 0.717) is 32.1 Å². The van der Waals surface area contributed by atoms with Crippen molar-refractivity contribution in [2.75, 3.05) is 39.3 Å². The van der Waals surface area contributed by atoms with Crippen molar-refractivity contribution < 1.29 is 48.3 Å². The SMILES string of the molecule is CC[C@H](C)[C@H](NC(=O)[C@H](CCCN=C(N)N)NC(=O)[C@H](CCCCN)NC(=O)[C@H](CCCN=C(N)N)NC(=O)[C@H](CCCCN)NC(=O)[C@H](CCCN=C(N)N)NC(=O)[C@H](CCCN=C(N)N)NC(=O)[C@H](CC(C)C)NC(=O)[C@@H](N)C(C)C)C(=O)O. The fourth-order valence-corrected chi connectivity index (χ4v) is 8.46. The van der Waals surface area contributed by atoms with Crippen molar-refractivity contribution in [3.05, 3.63) is 0 Å². The first-order valence-corrected chi connectivity index (χ1v) is 29.5. The minimum Gasteiger partial charge on any atom is -0.480 e. The number of carbonyl (C=O) groups excluding carboxylic acids is 8. The molecular formula is C53H105N23O10. The molecule has 33 nitrogen and oxygen atoms in total. The Morgan fingerprint density at radius 2 is 0.640 bits per heavy atom. The van der Waals surface area contributed by atoms with Crippen LogP contribution in [0.2, 0.25) is 0 Å². The predicted octanol–water partition coefficient (Wildman–Crippen LogP) is -5.50. The summed E-state index contributed by atoms with van der Waals surface area (Å²) in [5.74, 6) is -9.28. The summed E-state index contributed by atoms with van der Waals surface area (Å²) < 4.78 is 0. The van der Waals surface area contributed by atoms with E-state index in [1.165, 1.54) is 0 Å². The van der Waals surface area contributed by atoms with Crippen molar-refractivity contribution in [3.63, 3.8) is 0 Å². The molecule has 0 heterocycles. The molecule has 0 aliphatic rings. The number of carboxylic acid groups (broad SMARTS) is 1. The number of aliphatic imine (C=N–C) groups is 4. The van der Waals surface area contributed by atoms with E-state index in [9.17, 15) is 48.3 Å². The van der Waals surface area contributed by atoms with E-state index in [0.717, 1.165) is 0 Å². The second kappa shape index (κ2) is 43.8. The molecule has 0 radical (unpaired) electrons. The predicted molar refractivity (Wildman–Crippen MR) is 330 cm³/mol. The monoisotopic (exact) mass is 1220 g/mol. The summed E-state index contributed by atoms with van der Waals surface area (Å²) in [6.45, 7) is 11.2. The Bertz CT molecular complexity index is 2240. The molecule has 31 N–H and O–H groups in total. The van der Waals surface area contributed by atoms with Crippen LogP contribution in [0.4, 0.5) is 0 Å². The molecule has 33 heteroatoms. The summed E-state index contributed by atoms with van der Waals surface area (Å²) in [6.07, 6.45) is 2.34. The summed E-state index contributed by atoms with van der Waals surface area (Å²) in [5.41, 5.74) is 62.1. The van der Waals surface area contributed by atoms with Gasteiger partial charge < -0.3 is 111 Å². The standard InChI is InChI=1S/C53H105N23O10/c1-7-31(6)40(49(85)86)76-46(82)37(21-15-27-68-53(63)64)73-42(78)33(17-9-11-23-55)70-43(79)34(18-12-24-65-50(57)58)71-41(77)32(16-8-10-22-54)69-44(80)35(19-13-25-66-51(59)60)72-45(81)36(20-14-26-67-52(61)62)74-47(83)38(28-29(2)3)75-48(84)39(56)30(4)5/h29-40H,7-28,54-56H2,1-6H3,(H,69,80)(H,70,79)(H,71,77)(H,72,81)(H,73,78)(H,74,83)(H,75,84)(H,76,82)(H,85,86)(H4,57,58,65)(H4,59,60,66)(H4,61,62,67)(H4,63,64,68)/t31-,32-,33-,34-,35-,36-,37-,38-,39-,40-/m0/s1. The lowest BCUT2D eigenvalue weighted by Gasteiger charge is -2.29. The Morgan fingerprint density at radius 3 is 0.872 bits per heavy atom. The van der Waals surface area contributed by atoms with E-state index in [4.69, 9.17) is 63.1 Å². The third-order valence-corrected chi connectivity index (χ3v) is 13.6. The topological polar surface area (TPSA) is 606 Å². The van der Waals surface area contributed by atoms with E-state index in [1.54, 1.807) is 27.7 Å². The number of nitrogens with two attached hydrogens (primary N) is 11. The molecule has 0 rings (SSSR count). The number of unbranched alkanes of at least 4 members (excludes halogenated alkanes) is 2. The quantitative estimate of drug-likeness (QED) is 0.0154. The van der Waals surface area contributed by atoms with Gasteiger partial charge in [0.05, 0.1) is 6.04 Å². The number of carboxylic acids is 1. The molecule has 0 aromatic heterocycles. The van der Waals surface area contributed by atoms with Gasteiger partial charge in [0.2, 0.25) is 47.3 Å². The maximum atomic E-state index is 14.6. The second-order valence-electron chi connectivity index (χ2n) is 21.9. The first-order chi connectivity index (χ1) is 40.5. The van der Waals surface area contributed by atoms with Crippen molar-refractivity contribution in [2.24, 2.45) is 101 Å². The van der Waals surface area contributed by atoms with Crippen LogP contribution in [-0.4, -0.2) is 176 Å². The van der Waals surface area contributed by atoms with E-state index in [1.807, 2.05) is 13.8 Å². The summed E-state index contributed by atoms with van der Waals surface area (Å²) >= 11 is 0. The van der Waals surface area contributed by atoms with E-state index in [2.05, 4.69) is 62.5 Å². The van der Waals surface area contributed by atoms with Crippen LogP contribution >= 0.6 is 0 Å². The summed E-state index contributed by atoms with van der Waals surface area (Å²) in [7, 11) is 0. The largest absolute Gasteiger partial charge is 0.480 e. The molecule has 8 amide bonds. The minimum atomic E-state index is -1.41. The summed E-state index contributed by atoms with van der Waals surface area (Å²) in [6, 6.07) is -11.5. The average Bonchev–Trinajstić information content (AvgIpc) is 2.59. The lowest BCUT2D eigenvalue weighted by atomic mass is 9.98. The maximum absolute atomic E-state index is 14.6. The average molecular weight is 1220 g/mol. The van der Waals surface area contributed by atoms with Crippen LogP contribution in [0, 0.1) is 17.8 Å². The van der Waals surface area contributed by atoms with E-state index in [-0.39, 0.29) is 146 Å². The van der Waals surface area contributed by atoms with Crippen LogP contribution < -0.4 is 106 Å². The van der Waals surface area contributed by atoms with Gasteiger partial charge in [-0.1, -0.05) is 48.0 Å². The van der Waals surface area contributed by atoms with E-state index >= 15 is 0 Å². The summed E-state index contributed by atoms with van der Waals surface area (Å²) in [4.78, 5) is 141. The number of guanidine groups is 4. The third-order valence-electron chi connectivity index (χ3n) is 13.6. The molecule has 0 aliphatic heterocycles. The highest BCUT2D eigenvalue weighted by molar-refractivity contribution is 5.98. The number of hydrogen-bond acceptors (Lipinski definition) is 16. The van der Waals surface area contributed by atoms with Crippen molar-refractivity contribution in [1.29, 1.82) is 0 Å². The Balaban J connectivity index is 7.40. The van der Waals surface area contributed by atoms with Gasteiger partial charge in [-0.25, -0.2) is 4.79 Å². The maximum Gasteiger partial charge on any atom is 0.326 e. The van der Waals surface area contributed by atoms with Gasteiger partial charge in [0.25, 0.3) is 0 Å². The highest BCUT2D eigenvalue weighted by Gasteiger charge is 2.36. The molecule has 492 valence electrons. The number of nitrogens with zero attached hydrogens (tertiary/aromatic N) is 4. The lowest BCUT2D eigenvalue weighted by molar-refractivity contribution is -0.144. The van der Waals surface area contributed by atoms with Crippen LogP contribution in [0.5, 0.6) is 0 Å². The van der Waals surface area contributed by atoms with Crippen LogP contribution in [0.15, 0.2) is 20.0 Å². The van der Waals surface area contributed by atoms with Crippen LogP contribution in [-0.2, 0) is 43.2 Å². The second-order valence-corrected chi connectivity index (χ2v) is 21.9. The number of hydrogen-bond donors (Lipinski definition) is 20. The molecule has 0 aromatic carbocycles. The lowest BCUT2D eigenvalue weighted by Crippen LogP contribution is -2.60. The Labute approximate surface area is 505 Å². The van der Waals surface area contributed by atoms with Gasteiger partial charge in [-0.15, -0.1) is 0 Å². The Kier molecular flexibility index (Phi) is 39.8. The molecule has 0 bridgehead atoms. The fraction of sp³-hybridized carbons (Fsp3) is 0.755. The molecule has 0 fully saturated rings. The van der Waals surface area contributed by atoms with Gasteiger partial charge in [-0.05, 0) is 127 Å². The van der Waals surface area contributed by atoms with Gasteiger partial charge in [0.1, 0.15) is 48.3 Å².